The minimum Gasteiger partial charge on any atom is -0.392 e. The van der Waals surface area contributed by atoms with Gasteiger partial charge in [0, 0.05) is 34.8 Å². The van der Waals surface area contributed by atoms with Gasteiger partial charge in [-0.3, -0.25) is 4.79 Å². The molecule has 1 heterocycles. The van der Waals surface area contributed by atoms with Crippen molar-refractivity contribution in [2.45, 2.75) is 41.5 Å². The molecule has 2 aliphatic rings. The van der Waals surface area contributed by atoms with Crippen LogP contribution in [0.2, 0.25) is 0 Å². The first-order valence-corrected chi connectivity index (χ1v) is 7.86. The number of nitrogens with one attached hydrogen (secondary N) is 2. The second-order valence-corrected chi connectivity index (χ2v) is 5.34. The Morgan fingerprint density at radius 2 is 1.60 bits per heavy atom. The van der Waals surface area contributed by atoms with E-state index in [2.05, 4.69) is 24.5 Å². The first-order chi connectivity index (χ1) is 9.52. The second-order valence-electron chi connectivity index (χ2n) is 5.34. The molecule has 2 atom stereocenters. The predicted molar refractivity (Wildman–Crippen MR) is 88.4 cm³/mol. The molecule has 120 valence electrons. The Bertz CT molecular complexity index is 328. The monoisotopic (exact) mass is 285 g/mol. The zero-order valence-electron chi connectivity index (χ0n) is 14.5. The molecule has 0 aromatic rings. The molecule has 0 spiro atoms. The first-order valence-electron chi connectivity index (χ1n) is 7.86. The summed E-state index contributed by atoms with van der Waals surface area (Å²) in [6.07, 6.45) is 1.72. The molecule has 0 radical (unpaired) electrons. The quantitative estimate of drug-likeness (QED) is 0.784. The maximum absolute atomic E-state index is 12.1. The van der Waals surface area contributed by atoms with Gasteiger partial charge in [0.1, 0.15) is 5.70 Å². The number of rotatable bonds is 3. The van der Waals surface area contributed by atoms with Crippen molar-refractivity contribution in [3.05, 3.63) is 11.9 Å². The summed E-state index contributed by atoms with van der Waals surface area (Å²) in [4.78, 5) is 14.1. The lowest BCUT2D eigenvalue weighted by Crippen LogP contribution is -2.37. The molecule has 1 amide bonds. The summed E-state index contributed by atoms with van der Waals surface area (Å²) in [5.74, 6) is 1.54. The normalized spacial score (nSPS) is 25.4. The number of amides is 1. The molecule has 4 nitrogen and oxygen atoms in total. The number of fused-ring (bicyclic) bond motifs is 1. The van der Waals surface area contributed by atoms with Crippen LogP contribution in [0.1, 0.15) is 43.0 Å². The molecular formula is C16H35N3O. The smallest absolute Gasteiger partial charge is 0.271 e. The molecule has 1 aliphatic heterocycles. The number of hydrogen-bond donors (Lipinski definition) is 2. The van der Waals surface area contributed by atoms with Crippen LogP contribution in [0.4, 0.5) is 0 Å². The molecule has 4 heteroatoms. The minimum absolute atomic E-state index is 0. The van der Waals surface area contributed by atoms with Gasteiger partial charge in [0.25, 0.3) is 5.91 Å². The van der Waals surface area contributed by atoms with E-state index in [4.69, 9.17) is 0 Å². The summed E-state index contributed by atoms with van der Waals surface area (Å²) in [6.45, 7) is 14.4. The fourth-order valence-corrected chi connectivity index (χ4v) is 2.85. The number of carbonyl (C=O) groups is 1. The van der Waals surface area contributed by atoms with E-state index in [1.807, 2.05) is 32.6 Å². The molecule has 2 rings (SSSR count). The lowest BCUT2D eigenvalue weighted by Gasteiger charge is -2.23. The highest BCUT2D eigenvalue weighted by Gasteiger charge is 2.62. The highest BCUT2D eigenvalue weighted by molar-refractivity contribution is 5.93. The highest BCUT2D eigenvalue weighted by Crippen LogP contribution is 2.61. The van der Waals surface area contributed by atoms with Gasteiger partial charge in [0.05, 0.1) is 0 Å². The molecule has 0 aromatic carbocycles. The van der Waals surface area contributed by atoms with E-state index in [-0.39, 0.29) is 7.33 Å². The molecule has 2 unspecified atom stereocenters. The van der Waals surface area contributed by atoms with Gasteiger partial charge in [-0.1, -0.05) is 41.5 Å². The molecule has 1 aliphatic carbocycles. The maximum atomic E-state index is 12.1. The molecule has 0 aromatic heterocycles. The summed E-state index contributed by atoms with van der Waals surface area (Å²) in [6, 6.07) is 0. The zero-order valence-corrected chi connectivity index (χ0v) is 14.5. The SMILES string of the molecule is CC.CC.CN/C=C(\NC)C(=O)N1CC2C(C1)C2(C)C.[HH]. The van der Waals surface area contributed by atoms with Crippen molar-refractivity contribution in [1.29, 1.82) is 0 Å². The first kappa shape index (κ1) is 18.8. The Balaban J connectivity index is 0. The number of likely N-dealkylation sites (N-methyl/N-ethyl adjacent to an activating group) is 1. The van der Waals surface area contributed by atoms with Gasteiger partial charge < -0.3 is 15.5 Å². The van der Waals surface area contributed by atoms with E-state index in [0.717, 1.165) is 13.1 Å². The van der Waals surface area contributed by atoms with Crippen LogP contribution in [0.15, 0.2) is 11.9 Å². The molecule has 0 bridgehead atoms. The number of hydrogen-bond acceptors (Lipinski definition) is 3. The van der Waals surface area contributed by atoms with Crippen LogP contribution in [0.3, 0.4) is 0 Å². The highest BCUT2D eigenvalue weighted by atomic mass is 16.2. The van der Waals surface area contributed by atoms with E-state index >= 15 is 0 Å². The van der Waals surface area contributed by atoms with E-state index in [1.54, 1.807) is 20.3 Å². The van der Waals surface area contributed by atoms with Gasteiger partial charge in [-0.05, 0) is 17.3 Å². The number of likely N-dealkylation sites (tertiary alicyclic amines) is 1. The minimum atomic E-state index is 0. The van der Waals surface area contributed by atoms with Crippen LogP contribution in [-0.4, -0.2) is 38.0 Å². The predicted octanol–water partition coefficient (Wildman–Crippen LogP) is 2.68. The van der Waals surface area contributed by atoms with Gasteiger partial charge in [0.15, 0.2) is 0 Å². The van der Waals surface area contributed by atoms with Crippen molar-refractivity contribution in [2.24, 2.45) is 17.3 Å². The van der Waals surface area contributed by atoms with Gasteiger partial charge in [-0.25, -0.2) is 0 Å². The average Bonchev–Trinajstić information content (AvgIpc) is 2.88. The van der Waals surface area contributed by atoms with Crippen molar-refractivity contribution in [1.82, 2.24) is 15.5 Å². The lowest BCUT2D eigenvalue weighted by atomic mass is 10.1. The van der Waals surface area contributed by atoms with Crippen molar-refractivity contribution < 1.29 is 6.22 Å². The fraction of sp³-hybridized carbons (Fsp3) is 0.812. The van der Waals surface area contributed by atoms with Crippen molar-refractivity contribution in [2.75, 3.05) is 27.2 Å². The molecular weight excluding hydrogens is 250 g/mol. The third-order valence-electron chi connectivity index (χ3n) is 4.20. The third-order valence-corrected chi connectivity index (χ3v) is 4.20. The molecule has 20 heavy (non-hydrogen) atoms. The summed E-state index contributed by atoms with van der Waals surface area (Å²) in [5.41, 5.74) is 1.10. The van der Waals surface area contributed by atoms with E-state index in [1.165, 1.54) is 0 Å². The molecule has 1 saturated carbocycles. The van der Waals surface area contributed by atoms with Crippen LogP contribution in [-0.2, 0) is 4.79 Å². The fourth-order valence-electron chi connectivity index (χ4n) is 2.85. The number of carbonyl (C=O) groups excluding carboxylic acids is 1. The van der Waals surface area contributed by atoms with Crippen LogP contribution >= 0.6 is 0 Å². The van der Waals surface area contributed by atoms with Gasteiger partial charge >= 0.3 is 0 Å². The van der Waals surface area contributed by atoms with Crippen molar-refractivity contribution >= 4 is 5.91 Å². The van der Waals surface area contributed by atoms with E-state index in [9.17, 15) is 4.79 Å². The Morgan fingerprint density at radius 1 is 1.15 bits per heavy atom. The number of piperidine rings is 1. The Kier molecular flexibility index (Phi) is 7.69. The summed E-state index contributed by atoms with van der Waals surface area (Å²) < 4.78 is 0. The Morgan fingerprint density at radius 3 is 1.95 bits per heavy atom. The van der Waals surface area contributed by atoms with Crippen LogP contribution < -0.4 is 10.6 Å². The second kappa shape index (κ2) is 8.18. The Labute approximate surface area is 126 Å². The summed E-state index contributed by atoms with van der Waals surface area (Å²) in [7, 11) is 3.58. The lowest BCUT2D eigenvalue weighted by molar-refractivity contribution is -0.127. The van der Waals surface area contributed by atoms with Crippen molar-refractivity contribution in [3.63, 3.8) is 0 Å². The van der Waals surface area contributed by atoms with Gasteiger partial charge in [0.2, 0.25) is 0 Å². The summed E-state index contributed by atoms with van der Waals surface area (Å²) >= 11 is 0. The molecule has 2 fully saturated rings. The van der Waals surface area contributed by atoms with Gasteiger partial charge in [-0.2, -0.15) is 0 Å². The van der Waals surface area contributed by atoms with Crippen LogP contribution in [0.5, 0.6) is 0 Å². The average molecular weight is 285 g/mol. The standard InChI is InChI=1S/C12H21N3O.2C2H6.H2/c1-12(2)8-6-15(7-9(8)12)11(16)10(14-4)5-13-3;2*1-2;/h5,8-9,13-14H,6-7H2,1-4H3;2*1-2H3;1H/b10-5-;;;. The van der Waals surface area contributed by atoms with Crippen LogP contribution in [0, 0.1) is 17.3 Å². The van der Waals surface area contributed by atoms with E-state index < -0.39 is 0 Å². The zero-order chi connectivity index (χ0) is 15.9. The number of nitrogens with zero attached hydrogens (tertiary/aromatic N) is 1. The maximum Gasteiger partial charge on any atom is 0.271 e. The summed E-state index contributed by atoms with van der Waals surface area (Å²) in [5, 5.41) is 5.83. The van der Waals surface area contributed by atoms with Crippen LogP contribution in [0.25, 0.3) is 0 Å². The molecule has 2 N–H and O–H groups in total. The van der Waals surface area contributed by atoms with Crippen molar-refractivity contribution in [3.8, 4) is 0 Å². The van der Waals surface area contributed by atoms with E-state index in [0.29, 0.717) is 22.9 Å². The topological polar surface area (TPSA) is 44.4 Å². The Hall–Kier alpha value is -1.19. The van der Waals surface area contributed by atoms with Gasteiger partial charge in [-0.15, -0.1) is 0 Å². The molecule has 1 saturated heterocycles. The third kappa shape index (κ3) is 3.68. The largest absolute Gasteiger partial charge is 0.392 e.